The Morgan fingerprint density at radius 2 is 2.29 bits per heavy atom. The summed E-state index contributed by atoms with van der Waals surface area (Å²) in [7, 11) is 1.37. The Hall–Kier alpha value is -1.06. The molecule has 1 rings (SSSR count). The third-order valence-corrected chi connectivity index (χ3v) is 2.82. The van der Waals surface area contributed by atoms with Crippen molar-refractivity contribution in [3.63, 3.8) is 0 Å². The van der Waals surface area contributed by atoms with Gasteiger partial charge in [-0.1, -0.05) is 13.8 Å². The number of ether oxygens (including phenoxy) is 1. The van der Waals surface area contributed by atoms with Gasteiger partial charge in [0.1, 0.15) is 0 Å². The van der Waals surface area contributed by atoms with Crippen LogP contribution in [0.4, 0.5) is 0 Å². The van der Waals surface area contributed by atoms with Crippen LogP contribution in [0.15, 0.2) is 0 Å². The molecule has 1 fully saturated rings. The summed E-state index contributed by atoms with van der Waals surface area (Å²) in [4.78, 5) is 22.6. The molecule has 0 saturated carbocycles. The van der Waals surface area contributed by atoms with Crippen LogP contribution in [0.25, 0.3) is 0 Å². The number of esters is 1. The minimum atomic E-state index is -0.312. The molecule has 4 nitrogen and oxygen atoms in total. The first kappa shape index (κ1) is 11.0. The maximum atomic E-state index is 11.4. The summed E-state index contributed by atoms with van der Waals surface area (Å²) in [6.07, 6.45) is 1.10. The second kappa shape index (κ2) is 3.98. The van der Waals surface area contributed by atoms with Gasteiger partial charge in [-0.05, 0) is 11.8 Å². The third-order valence-electron chi connectivity index (χ3n) is 2.82. The quantitative estimate of drug-likeness (QED) is 0.681. The molecule has 1 aliphatic rings. The van der Waals surface area contributed by atoms with E-state index < -0.39 is 0 Å². The number of hydrogen-bond acceptors (Lipinski definition) is 3. The van der Waals surface area contributed by atoms with E-state index >= 15 is 0 Å². The second-order valence-electron chi connectivity index (χ2n) is 4.37. The van der Waals surface area contributed by atoms with E-state index in [0.29, 0.717) is 13.0 Å². The van der Waals surface area contributed by atoms with E-state index in [1.54, 1.807) is 0 Å². The van der Waals surface area contributed by atoms with Gasteiger partial charge in [0.25, 0.3) is 0 Å². The fourth-order valence-corrected chi connectivity index (χ4v) is 1.91. The summed E-state index contributed by atoms with van der Waals surface area (Å²) in [5.74, 6) is -0.268. The SMILES string of the molecule is COC(=O)CC(C)(C)C1CCNC1=O. The predicted octanol–water partition coefficient (Wildman–Crippen LogP) is 0.712. The van der Waals surface area contributed by atoms with E-state index in [1.807, 2.05) is 13.8 Å². The molecule has 1 aliphatic heterocycles. The van der Waals surface area contributed by atoms with Crippen LogP contribution in [-0.2, 0) is 14.3 Å². The van der Waals surface area contributed by atoms with Crippen molar-refractivity contribution in [2.24, 2.45) is 11.3 Å². The normalized spacial score (nSPS) is 21.9. The molecule has 80 valence electrons. The van der Waals surface area contributed by atoms with Crippen LogP contribution in [0.3, 0.4) is 0 Å². The Balaban J connectivity index is 2.63. The molecule has 0 radical (unpaired) electrons. The van der Waals surface area contributed by atoms with Gasteiger partial charge in [-0.3, -0.25) is 9.59 Å². The van der Waals surface area contributed by atoms with Crippen molar-refractivity contribution in [1.29, 1.82) is 0 Å². The number of rotatable bonds is 3. The molecule has 0 aliphatic carbocycles. The number of carbonyl (C=O) groups is 2. The van der Waals surface area contributed by atoms with E-state index in [9.17, 15) is 9.59 Å². The van der Waals surface area contributed by atoms with Gasteiger partial charge >= 0.3 is 5.97 Å². The van der Waals surface area contributed by atoms with E-state index in [2.05, 4.69) is 10.1 Å². The van der Waals surface area contributed by atoms with Crippen molar-refractivity contribution < 1.29 is 14.3 Å². The van der Waals surface area contributed by atoms with Gasteiger partial charge < -0.3 is 10.1 Å². The summed E-state index contributed by atoms with van der Waals surface area (Å²) < 4.78 is 4.61. The first-order chi connectivity index (χ1) is 6.47. The largest absolute Gasteiger partial charge is 0.469 e. The Bertz CT molecular complexity index is 248. The number of nitrogens with one attached hydrogen (secondary N) is 1. The summed E-state index contributed by atoms with van der Waals surface area (Å²) in [5, 5.41) is 2.78. The van der Waals surface area contributed by atoms with Crippen LogP contribution in [0, 0.1) is 11.3 Å². The van der Waals surface area contributed by atoms with Crippen LogP contribution in [0.2, 0.25) is 0 Å². The fraction of sp³-hybridized carbons (Fsp3) is 0.800. The van der Waals surface area contributed by atoms with Crippen LogP contribution in [0.5, 0.6) is 0 Å². The van der Waals surface area contributed by atoms with Gasteiger partial charge in [0.2, 0.25) is 5.91 Å². The average molecular weight is 199 g/mol. The van der Waals surface area contributed by atoms with Crippen LogP contribution >= 0.6 is 0 Å². The van der Waals surface area contributed by atoms with E-state index in [4.69, 9.17) is 0 Å². The van der Waals surface area contributed by atoms with Crippen molar-refractivity contribution in [2.45, 2.75) is 26.7 Å². The topological polar surface area (TPSA) is 55.4 Å². The van der Waals surface area contributed by atoms with Crippen LogP contribution < -0.4 is 5.32 Å². The highest BCUT2D eigenvalue weighted by atomic mass is 16.5. The molecule has 1 heterocycles. The zero-order valence-corrected chi connectivity index (χ0v) is 8.92. The van der Waals surface area contributed by atoms with Crippen molar-refractivity contribution >= 4 is 11.9 Å². The predicted molar refractivity (Wildman–Crippen MR) is 51.5 cm³/mol. The highest BCUT2D eigenvalue weighted by Crippen LogP contribution is 2.35. The highest BCUT2D eigenvalue weighted by Gasteiger charge is 2.39. The number of carbonyl (C=O) groups excluding carboxylic acids is 2. The Morgan fingerprint density at radius 3 is 2.71 bits per heavy atom. The molecular formula is C10H17NO3. The molecule has 1 saturated heterocycles. The van der Waals surface area contributed by atoms with E-state index in [1.165, 1.54) is 7.11 Å². The molecule has 1 unspecified atom stereocenters. The molecule has 4 heteroatoms. The zero-order valence-electron chi connectivity index (χ0n) is 8.92. The lowest BCUT2D eigenvalue weighted by Crippen LogP contribution is -2.33. The van der Waals surface area contributed by atoms with Gasteiger partial charge in [-0.2, -0.15) is 0 Å². The lowest BCUT2D eigenvalue weighted by Gasteiger charge is -2.28. The molecule has 0 aromatic rings. The molecular weight excluding hydrogens is 182 g/mol. The molecule has 0 bridgehead atoms. The monoisotopic (exact) mass is 199 g/mol. The smallest absolute Gasteiger partial charge is 0.306 e. The molecule has 0 aromatic heterocycles. The molecule has 0 spiro atoms. The highest BCUT2D eigenvalue weighted by molar-refractivity contribution is 5.82. The summed E-state index contributed by atoms with van der Waals surface area (Å²) in [6, 6.07) is 0. The summed E-state index contributed by atoms with van der Waals surface area (Å²) in [6.45, 7) is 4.58. The van der Waals surface area contributed by atoms with Crippen molar-refractivity contribution in [2.75, 3.05) is 13.7 Å². The van der Waals surface area contributed by atoms with E-state index in [-0.39, 0.29) is 23.2 Å². The summed E-state index contributed by atoms with van der Waals surface area (Å²) >= 11 is 0. The van der Waals surface area contributed by atoms with Crippen molar-refractivity contribution in [3.8, 4) is 0 Å². The van der Waals surface area contributed by atoms with E-state index in [0.717, 1.165) is 6.42 Å². The van der Waals surface area contributed by atoms with Gasteiger partial charge in [0.05, 0.1) is 13.5 Å². The minimum Gasteiger partial charge on any atom is -0.469 e. The first-order valence-corrected chi connectivity index (χ1v) is 4.82. The summed E-state index contributed by atoms with van der Waals surface area (Å²) in [5.41, 5.74) is -0.312. The first-order valence-electron chi connectivity index (χ1n) is 4.82. The number of amides is 1. The molecule has 14 heavy (non-hydrogen) atoms. The van der Waals surface area contributed by atoms with Crippen LogP contribution in [0.1, 0.15) is 26.7 Å². The van der Waals surface area contributed by atoms with Gasteiger partial charge in [0.15, 0.2) is 0 Å². The van der Waals surface area contributed by atoms with Gasteiger partial charge in [0, 0.05) is 12.5 Å². The standard InChI is InChI=1S/C10H17NO3/c1-10(2,6-8(12)14-3)7-4-5-11-9(7)13/h7H,4-6H2,1-3H3,(H,11,13). The third kappa shape index (κ3) is 2.25. The number of hydrogen-bond donors (Lipinski definition) is 1. The number of methoxy groups -OCH3 is 1. The van der Waals surface area contributed by atoms with Gasteiger partial charge in [-0.15, -0.1) is 0 Å². The Kier molecular flexibility index (Phi) is 3.13. The molecule has 1 atom stereocenters. The second-order valence-corrected chi connectivity index (χ2v) is 4.37. The molecule has 1 N–H and O–H groups in total. The Morgan fingerprint density at radius 1 is 1.64 bits per heavy atom. The van der Waals surface area contributed by atoms with Crippen LogP contribution in [-0.4, -0.2) is 25.5 Å². The Labute approximate surface area is 84.0 Å². The fourth-order valence-electron chi connectivity index (χ4n) is 1.91. The lowest BCUT2D eigenvalue weighted by atomic mass is 9.75. The van der Waals surface area contributed by atoms with Crippen molar-refractivity contribution in [1.82, 2.24) is 5.32 Å². The zero-order chi connectivity index (χ0) is 10.8. The minimum absolute atomic E-state index is 0.0545. The molecule has 1 amide bonds. The molecule has 0 aromatic carbocycles. The van der Waals surface area contributed by atoms with Crippen molar-refractivity contribution in [3.05, 3.63) is 0 Å². The maximum absolute atomic E-state index is 11.4. The lowest BCUT2D eigenvalue weighted by molar-refractivity contribution is -0.144. The van der Waals surface area contributed by atoms with Gasteiger partial charge in [-0.25, -0.2) is 0 Å². The maximum Gasteiger partial charge on any atom is 0.306 e. The average Bonchev–Trinajstić information content (AvgIpc) is 2.51.